The molecule has 1 fully saturated rings. The molecule has 7 heteroatoms. The molecule has 2 N–H and O–H groups in total. The van der Waals surface area contributed by atoms with E-state index in [0.29, 0.717) is 15.8 Å². The minimum atomic E-state index is -0.832. The summed E-state index contributed by atoms with van der Waals surface area (Å²) >= 11 is 3.30. The summed E-state index contributed by atoms with van der Waals surface area (Å²) in [6.07, 6.45) is 6.47. The Morgan fingerprint density at radius 1 is 1.24 bits per heavy atom. The first-order valence-electron chi connectivity index (χ1n) is 5.75. The highest BCUT2D eigenvalue weighted by molar-refractivity contribution is 9.10. The van der Waals surface area contributed by atoms with Crippen molar-refractivity contribution in [2.45, 2.75) is 0 Å². The molecule has 1 aliphatic rings. The monoisotopic (exact) mass is 348 g/mol. The number of urea groups is 1. The number of imide groups is 2. The lowest BCUT2D eigenvalue weighted by molar-refractivity contribution is -0.123. The summed E-state index contributed by atoms with van der Waals surface area (Å²) < 4.78 is 5.91. The molecule has 0 aromatic heterocycles. The fourth-order valence-corrected chi connectivity index (χ4v) is 2.13. The maximum absolute atomic E-state index is 11.6. The van der Waals surface area contributed by atoms with Crippen LogP contribution in [0.15, 0.2) is 28.2 Å². The van der Waals surface area contributed by atoms with Gasteiger partial charge in [-0.1, -0.05) is 12.0 Å². The number of hydrogen-bond donors (Lipinski definition) is 2. The maximum Gasteiger partial charge on any atom is 0.328 e. The van der Waals surface area contributed by atoms with E-state index in [1.54, 1.807) is 18.2 Å². The molecule has 1 heterocycles. The fourth-order valence-electron chi connectivity index (χ4n) is 1.62. The Kier molecular flexibility index (Phi) is 4.40. The SMILES string of the molecule is C#CCOc1ccc(C=C2C(=O)NC(=O)NC2=O)cc1Br. The Morgan fingerprint density at radius 2 is 1.90 bits per heavy atom. The normalized spacial score (nSPS) is 14.1. The molecule has 1 aliphatic heterocycles. The number of carbonyl (C=O) groups is 3. The maximum atomic E-state index is 11.6. The van der Waals surface area contributed by atoms with Gasteiger partial charge in [-0.2, -0.15) is 0 Å². The molecule has 1 aromatic carbocycles. The van der Waals surface area contributed by atoms with Gasteiger partial charge in [-0.3, -0.25) is 20.2 Å². The standard InChI is InChI=1S/C14H9BrN2O4/c1-2-5-21-11-4-3-8(7-10(11)15)6-9-12(18)16-14(20)17-13(9)19/h1,3-4,6-7H,5H2,(H2,16,17,18,19,20). The topological polar surface area (TPSA) is 84.5 Å². The Morgan fingerprint density at radius 3 is 2.48 bits per heavy atom. The summed E-state index contributed by atoms with van der Waals surface area (Å²) in [5, 5.41) is 3.99. The number of terminal acetylenes is 1. The van der Waals surface area contributed by atoms with Crippen molar-refractivity contribution in [1.82, 2.24) is 10.6 Å². The first-order chi connectivity index (χ1) is 10.0. The van der Waals surface area contributed by atoms with Crippen LogP contribution in [-0.2, 0) is 9.59 Å². The van der Waals surface area contributed by atoms with Crippen molar-refractivity contribution in [3.8, 4) is 18.1 Å². The van der Waals surface area contributed by atoms with E-state index in [4.69, 9.17) is 11.2 Å². The van der Waals surface area contributed by atoms with Crippen LogP contribution in [0.3, 0.4) is 0 Å². The molecule has 1 aromatic rings. The van der Waals surface area contributed by atoms with E-state index in [1.165, 1.54) is 6.08 Å². The van der Waals surface area contributed by atoms with Gasteiger partial charge in [-0.25, -0.2) is 4.79 Å². The van der Waals surface area contributed by atoms with Crippen LogP contribution in [0, 0.1) is 12.3 Å². The molecule has 4 amide bonds. The molecule has 6 nitrogen and oxygen atoms in total. The van der Waals surface area contributed by atoms with Crippen molar-refractivity contribution < 1.29 is 19.1 Å². The van der Waals surface area contributed by atoms with Gasteiger partial charge in [0.1, 0.15) is 17.9 Å². The van der Waals surface area contributed by atoms with Crippen LogP contribution in [0.1, 0.15) is 5.56 Å². The van der Waals surface area contributed by atoms with E-state index in [-0.39, 0.29) is 12.2 Å². The Balaban J connectivity index is 2.27. The second kappa shape index (κ2) is 6.24. The minimum absolute atomic E-state index is 0.131. The zero-order valence-corrected chi connectivity index (χ0v) is 12.2. The molecule has 0 radical (unpaired) electrons. The van der Waals surface area contributed by atoms with Gasteiger partial charge in [0.2, 0.25) is 0 Å². The van der Waals surface area contributed by atoms with Crippen molar-refractivity contribution in [3.05, 3.63) is 33.8 Å². The van der Waals surface area contributed by atoms with Gasteiger partial charge < -0.3 is 4.74 Å². The molecule has 106 valence electrons. The summed E-state index contributed by atoms with van der Waals surface area (Å²) in [6, 6.07) is 4.13. The largest absolute Gasteiger partial charge is 0.480 e. The second-order valence-corrected chi connectivity index (χ2v) is 4.83. The molecule has 1 saturated heterocycles. The molecular weight excluding hydrogens is 340 g/mol. The summed E-state index contributed by atoms with van der Waals surface area (Å²) in [5.74, 6) is 1.40. The molecule has 2 rings (SSSR count). The van der Waals surface area contributed by atoms with Gasteiger partial charge in [0.15, 0.2) is 0 Å². The van der Waals surface area contributed by atoms with Crippen molar-refractivity contribution in [3.63, 3.8) is 0 Å². The zero-order chi connectivity index (χ0) is 15.4. The quantitative estimate of drug-likeness (QED) is 0.488. The molecule has 0 unspecified atom stereocenters. The molecule has 0 bridgehead atoms. The smallest absolute Gasteiger partial charge is 0.328 e. The second-order valence-electron chi connectivity index (χ2n) is 3.98. The molecule has 0 spiro atoms. The minimum Gasteiger partial charge on any atom is -0.480 e. The van der Waals surface area contributed by atoms with E-state index >= 15 is 0 Å². The van der Waals surface area contributed by atoms with E-state index in [2.05, 4.69) is 21.9 Å². The number of benzene rings is 1. The van der Waals surface area contributed by atoms with Crippen molar-refractivity contribution >= 4 is 39.9 Å². The highest BCUT2D eigenvalue weighted by atomic mass is 79.9. The number of amides is 4. The zero-order valence-electron chi connectivity index (χ0n) is 10.6. The summed E-state index contributed by atoms with van der Waals surface area (Å²) in [5.41, 5.74) is 0.434. The lowest BCUT2D eigenvalue weighted by Gasteiger charge is -2.14. The van der Waals surface area contributed by atoms with Crippen molar-refractivity contribution in [1.29, 1.82) is 0 Å². The van der Waals surface area contributed by atoms with E-state index in [9.17, 15) is 14.4 Å². The first kappa shape index (κ1) is 14.8. The lowest BCUT2D eigenvalue weighted by atomic mass is 10.1. The van der Waals surface area contributed by atoms with Gasteiger partial charge >= 0.3 is 6.03 Å². The van der Waals surface area contributed by atoms with Gasteiger partial charge in [-0.15, -0.1) is 6.42 Å². The fraction of sp³-hybridized carbons (Fsp3) is 0.0714. The number of carbonyl (C=O) groups excluding carboxylic acids is 3. The van der Waals surface area contributed by atoms with Crippen molar-refractivity contribution in [2.75, 3.05) is 6.61 Å². The van der Waals surface area contributed by atoms with Crippen LogP contribution < -0.4 is 15.4 Å². The van der Waals surface area contributed by atoms with E-state index < -0.39 is 17.8 Å². The Labute approximate surface area is 128 Å². The Bertz CT molecular complexity index is 681. The summed E-state index contributed by atoms with van der Waals surface area (Å²) in [7, 11) is 0. The predicted octanol–water partition coefficient (Wildman–Crippen LogP) is 1.21. The average molecular weight is 349 g/mol. The summed E-state index contributed by atoms with van der Waals surface area (Å²) in [4.78, 5) is 34.1. The van der Waals surface area contributed by atoms with Crippen LogP contribution in [0.25, 0.3) is 6.08 Å². The molecular formula is C14H9BrN2O4. The highest BCUT2D eigenvalue weighted by Gasteiger charge is 2.27. The van der Waals surface area contributed by atoms with E-state index in [0.717, 1.165) is 0 Å². The third kappa shape index (κ3) is 3.49. The van der Waals surface area contributed by atoms with Gasteiger partial charge in [0.25, 0.3) is 11.8 Å². The third-order valence-electron chi connectivity index (χ3n) is 2.52. The van der Waals surface area contributed by atoms with E-state index in [1.807, 2.05) is 10.6 Å². The number of nitrogens with one attached hydrogen (secondary N) is 2. The molecule has 0 saturated carbocycles. The van der Waals surface area contributed by atoms with Crippen LogP contribution in [0.2, 0.25) is 0 Å². The molecule has 0 aliphatic carbocycles. The molecule has 0 atom stereocenters. The third-order valence-corrected chi connectivity index (χ3v) is 3.14. The summed E-state index contributed by atoms with van der Waals surface area (Å²) in [6.45, 7) is 0.131. The van der Waals surface area contributed by atoms with Crippen LogP contribution in [0.5, 0.6) is 5.75 Å². The predicted molar refractivity (Wildman–Crippen MR) is 78.1 cm³/mol. The average Bonchev–Trinajstić information content (AvgIpc) is 2.42. The van der Waals surface area contributed by atoms with Crippen molar-refractivity contribution in [2.24, 2.45) is 0 Å². The van der Waals surface area contributed by atoms with Crippen LogP contribution in [-0.4, -0.2) is 24.5 Å². The highest BCUT2D eigenvalue weighted by Crippen LogP contribution is 2.27. The number of barbiturate groups is 1. The van der Waals surface area contributed by atoms with Crippen LogP contribution in [0.4, 0.5) is 4.79 Å². The Hall–Kier alpha value is -2.59. The number of hydrogen-bond acceptors (Lipinski definition) is 4. The first-order valence-corrected chi connectivity index (χ1v) is 6.54. The van der Waals surface area contributed by atoms with Crippen LogP contribution >= 0.6 is 15.9 Å². The number of rotatable bonds is 3. The number of halogens is 1. The van der Waals surface area contributed by atoms with Gasteiger partial charge in [0, 0.05) is 0 Å². The number of ether oxygens (including phenoxy) is 1. The van der Waals surface area contributed by atoms with Gasteiger partial charge in [0.05, 0.1) is 4.47 Å². The molecule has 21 heavy (non-hydrogen) atoms. The lowest BCUT2D eigenvalue weighted by Crippen LogP contribution is -2.51. The van der Waals surface area contributed by atoms with Gasteiger partial charge in [-0.05, 0) is 39.7 Å².